The number of carboxylic acid groups (broad SMARTS) is 2. The molecule has 3 atom stereocenters. The molecule has 7 heteroatoms. The van der Waals surface area contributed by atoms with Gasteiger partial charge in [-0.05, 0) is 0 Å². The van der Waals surface area contributed by atoms with Crippen molar-refractivity contribution in [3.05, 3.63) is 0 Å². The first kappa shape index (κ1) is 10.8. The number of hydrogen-bond acceptors (Lipinski definition) is 5. The van der Waals surface area contributed by atoms with Crippen LogP contribution in [0.15, 0.2) is 0 Å². The van der Waals surface area contributed by atoms with E-state index < -0.39 is 30.2 Å². The minimum Gasteiger partial charge on any atom is -0.480 e. The third kappa shape index (κ3) is 2.46. The number of carboxylic acids is 2. The van der Waals surface area contributed by atoms with E-state index in [-0.39, 0.29) is 0 Å². The molecule has 0 fully saturated rings. The smallest absolute Gasteiger partial charge is 0.335 e. The lowest BCUT2D eigenvalue weighted by Crippen LogP contribution is -2.50. The van der Waals surface area contributed by atoms with E-state index in [1.807, 2.05) is 0 Å². The SMILES string of the molecule is N[C@H](C(=O)O)[C@@H](O)[C@H](O)C(=O)O. The van der Waals surface area contributed by atoms with Gasteiger partial charge in [-0.25, -0.2) is 4.79 Å². The molecule has 0 unspecified atom stereocenters. The van der Waals surface area contributed by atoms with Crippen molar-refractivity contribution < 1.29 is 30.0 Å². The largest absolute Gasteiger partial charge is 0.480 e. The Labute approximate surface area is 67.0 Å². The van der Waals surface area contributed by atoms with Gasteiger partial charge in [0.05, 0.1) is 0 Å². The van der Waals surface area contributed by atoms with Gasteiger partial charge < -0.3 is 26.2 Å². The molecule has 0 spiro atoms. The molecule has 6 N–H and O–H groups in total. The normalized spacial score (nSPS) is 17.9. The quantitative estimate of drug-likeness (QED) is 0.314. The van der Waals surface area contributed by atoms with Gasteiger partial charge in [-0.3, -0.25) is 4.79 Å². The van der Waals surface area contributed by atoms with Crippen LogP contribution >= 0.6 is 0 Å². The van der Waals surface area contributed by atoms with Crippen molar-refractivity contribution in [3.8, 4) is 0 Å². The lowest BCUT2D eigenvalue weighted by atomic mass is 10.1. The van der Waals surface area contributed by atoms with Gasteiger partial charge in [0.2, 0.25) is 0 Å². The van der Waals surface area contributed by atoms with Gasteiger partial charge in [0.25, 0.3) is 0 Å². The highest BCUT2D eigenvalue weighted by atomic mass is 16.4. The molecule has 0 radical (unpaired) electrons. The van der Waals surface area contributed by atoms with E-state index in [9.17, 15) is 9.59 Å². The summed E-state index contributed by atoms with van der Waals surface area (Å²) >= 11 is 0. The third-order valence-corrected chi connectivity index (χ3v) is 1.23. The minimum atomic E-state index is -2.18. The van der Waals surface area contributed by atoms with Gasteiger partial charge in [-0.15, -0.1) is 0 Å². The molecule has 0 aromatic heterocycles. The van der Waals surface area contributed by atoms with Crippen LogP contribution in [-0.2, 0) is 9.59 Å². The summed E-state index contributed by atoms with van der Waals surface area (Å²) in [6.45, 7) is 0. The molecular weight excluding hydrogens is 170 g/mol. The maximum absolute atomic E-state index is 10.1. The van der Waals surface area contributed by atoms with Gasteiger partial charge in [0.15, 0.2) is 6.10 Å². The van der Waals surface area contributed by atoms with Gasteiger partial charge in [-0.2, -0.15) is 0 Å². The molecule has 0 aromatic rings. The maximum atomic E-state index is 10.1. The number of aliphatic carboxylic acids is 2. The first-order valence-corrected chi connectivity index (χ1v) is 2.95. The minimum absolute atomic E-state index is 1.58. The molecule has 0 amide bonds. The molecule has 12 heavy (non-hydrogen) atoms. The van der Waals surface area contributed by atoms with Gasteiger partial charge in [0, 0.05) is 0 Å². The molecular formula is C5H9NO6. The van der Waals surface area contributed by atoms with Crippen molar-refractivity contribution >= 4 is 11.9 Å². The Hall–Kier alpha value is -1.18. The highest BCUT2D eigenvalue weighted by molar-refractivity contribution is 5.78. The van der Waals surface area contributed by atoms with E-state index in [4.69, 9.17) is 26.2 Å². The molecule has 0 heterocycles. The zero-order chi connectivity index (χ0) is 9.89. The second-order valence-corrected chi connectivity index (χ2v) is 2.14. The van der Waals surface area contributed by atoms with Crippen LogP contribution < -0.4 is 5.73 Å². The fraction of sp³-hybridized carbons (Fsp3) is 0.600. The molecule has 0 aliphatic rings. The number of hydrogen-bond donors (Lipinski definition) is 5. The van der Waals surface area contributed by atoms with E-state index in [1.165, 1.54) is 0 Å². The Balaban J connectivity index is 4.28. The molecule has 0 saturated carbocycles. The summed E-state index contributed by atoms with van der Waals surface area (Å²) in [5.74, 6) is -3.30. The van der Waals surface area contributed by atoms with Crippen molar-refractivity contribution in [2.45, 2.75) is 18.2 Å². The molecule has 0 aromatic carbocycles. The average molecular weight is 179 g/mol. The van der Waals surface area contributed by atoms with Crippen molar-refractivity contribution in [1.82, 2.24) is 0 Å². The Morgan fingerprint density at radius 1 is 1.08 bits per heavy atom. The van der Waals surface area contributed by atoms with Crippen LogP contribution in [0, 0.1) is 0 Å². The summed E-state index contributed by atoms with van der Waals surface area (Å²) in [4.78, 5) is 20.1. The fourth-order valence-corrected chi connectivity index (χ4v) is 0.489. The summed E-state index contributed by atoms with van der Waals surface area (Å²) in [6, 6.07) is -1.81. The Bertz CT molecular complexity index is 172. The zero-order valence-corrected chi connectivity index (χ0v) is 5.91. The summed E-state index contributed by atoms with van der Waals surface area (Å²) < 4.78 is 0. The second-order valence-electron chi connectivity index (χ2n) is 2.14. The van der Waals surface area contributed by atoms with Gasteiger partial charge in [-0.1, -0.05) is 0 Å². The molecule has 7 nitrogen and oxygen atoms in total. The Kier molecular flexibility index (Phi) is 3.61. The van der Waals surface area contributed by atoms with Crippen LogP contribution in [0.2, 0.25) is 0 Å². The summed E-state index contributed by atoms with van der Waals surface area (Å²) in [5, 5.41) is 33.7. The average Bonchev–Trinajstić information content (AvgIpc) is 2.00. The molecule has 0 bridgehead atoms. The van der Waals surface area contributed by atoms with Crippen molar-refractivity contribution in [1.29, 1.82) is 0 Å². The number of rotatable bonds is 4. The van der Waals surface area contributed by atoms with Gasteiger partial charge >= 0.3 is 11.9 Å². The number of aliphatic hydroxyl groups excluding tert-OH is 2. The van der Waals surface area contributed by atoms with Crippen LogP contribution in [0.5, 0.6) is 0 Å². The first-order chi connectivity index (χ1) is 5.37. The van der Waals surface area contributed by atoms with Crippen molar-refractivity contribution in [2.24, 2.45) is 5.73 Å². The molecule has 0 saturated heterocycles. The molecule has 0 aliphatic heterocycles. The van der Waals surface area contributed by atoms with E-state index in [1.54, 1.807) is 0 Å². The van der Waals surface area contributed by atoms with E-state index in [0.717, 1.165) is 0 Å². The van der Waals surface area contributed by atoms with E-state index in [0.29, 0.717) is 0 Å². The highest BCUT2D eigenvalue weighted by Crippen LogP contribution is 1.98. The predicted octanol–water partition coefficient (Wildman–Crippen LogP) is -2.80. The van der Waals surface area contributed by atoms with Crippen LogP contribution in [0.3, 0.4) is 0 Å². The maximum Gasteiger partial charge on any atom is 0.335 e. The molecule has 0 rings (SSSR count). The fourth-order valence-electron chi connectivity index (χ4n) is 0.489. The zero-order valence-electron chi connectivity index (χ0n) is 5.91. The van der Waals surface area contributed by atoms with E-state index in [2.05, 4.69) is 0 Å². The molecule has 70 valence electrons. The highest BCUT2D eigenvalue weighted by Gasteiger charge is 2.32. The Morgan fingerprint density at radius 2 is 1.50 bits per heavy atom. The van der Waals surface area contributed by atoms with Crippen LogP contribution in [-0.4, -0.2) is 50.6 Å². The van der Waals surface area contributed by atoms with Crippen LogP contribution in [0.25, 0.3) is 0 Å². The lowest BCUT2D eigenvalue weighted by molar-refractivity contribution is -0.156. The summed E-state index contributed by atoms with van der Waals surface area (Å²) in [7, 11) is 0. The first-order valence-electron chi connectivity index (χ1n) is 2.95. The summed E-state index contributed by atoms with van der Waals surface area (Å²) in [5.41, 5.74) is 4.83. The Morgan fingerprint density at radius 3 is 1.75 bits per heavy atom. The third-order valence-electron chi connectivity index (χ3n) is 1.23. The van der Waals surface area contributed by atoms with Crippen LogP contribution in [0.4, 0.5) is 0 Å². The number of carbonyl (C=O) groups is 2. The standard InChI is InChI=1S/C5H9NO6/c6-1(4(9)10)2(7)3(8)5(11)12/h1-3,7-8H,6H2,(H,9,10)(H,11,12)/t1-,2+,3-/m0/s1. The number of aliphatic hydroxyl groups is 2. The summed E-state index contributed by atoms with van der Waals surface area (Å²) in [6.07, 6.45) is -4.20. The number of nitrogens with two attached hydrogens (primary N) is 1. The predicted molar refractivity (Wildman–Crippen MR) is 35.3 cm³/mol. The van der Waals surface area contributed by atoms with E-state index >= 15 is 0 Å². The van der Waals surface area contributed by atoms with Crippen molar-refractivity contribution in [3.63, 3.8) is 0 Å². The van der Waals surface area contributed by atoms with Gasteiger partial charge in [0.1, 0.15) is 12.1 Å². The lowest BCUT2D eigenvalue weighted by Gasteiger charge is -2.16. The monoisotopic (exact) mass is 179 g/mol. The van der Waals surface area contributed by atoms with Crippen LogP contribution in [0.1, 0.15) is 0 Å². The van der Waals surface area contributed by atoms with Crippen molar-refractivity contribution in [2.75, 3.05) is 0 Å². The second kappa shape index (κ2) is 4.00. The molecule has 0 aliphatic carbocycles. The topological polar surface area (TPSA) is 141 Å².